The van der Waals surface area contributed by atoms with Gasteiger partial charge in [0.15, 0.2) is 0 Å². The Bertz CT molecular complexity index is 491. The molecule has 0 fully saturated rings. The maximum atomic E-state index is 6.18. The summed E-state index contributed by atoms with van der Waals surface area (Å²) in [7, 11) is 2.01. The van der Waals surface area contributed by atoms with Gasteiger partial charge in [-0.3, -0.25) is 0 Å². The summed E-state index contributed by atoms with van der Waals surface area (Å²) >= 11 is 6.18. The standard InChI is InChI=1S/C15H17ClN2/c1-18(11-10-12-6-3-2-4-7-12)15-13(16)8-5-9-14(15)17/h2-9H,10-11,17H2,1H3. The highest BCUT2D eigenvalue weighted by atomic mass is 35.5. The highest BCUT2D eigenvalue weighted by molar-refractivity contribution is 6.33. The number of hydrogen-bond acceptors (Lipinski definition) is 2. The molecule has 0 aliphatic carbocycles. The summed E-state index contributed by atoms with van der Waals surface area (Å²) in [5, 5.41) is 0.700. The first-order valence-electron chi connectivity index (χ1n) is 5.97. The van der Waals surface area contributed by atoms with Crippen molar-refractivity contribution in [3.05, 3.63) is 59.1 Å². The lowest BCUT2D eigenvalue weighted by molar-refractivity contribution is 0.878. The van der Waals surface area contributed by atoms with E-state index >= 15 is 0 Å². The zero-order valence-electron chi connectivity index (χ0n) is 10.4. The molecule has 0 radical (unpaired) electrons. The fourth-order valence-electron chi connectivity index (χ4n) is 1.99. The van der Waals surface area contributed by atoms with Crippen LogP contribution in [0.1, 0.15) is 5.56 Å². The Balaban J connectivity index is 2.06. The molecule has 2 nitrogen and oxygen atoms in total. The summed E-state index contributed by atoms with van der Waals surface area (Å²) < 4.78 is 0. The number of likely N-dealkylation sites (N-methyl/N-ethyl adjacent to an activating group) is 1. The third-order valence-electron chi connectivity index (χ3n) is 2.98. The molecule has 2 aromatic carbocycles. The molecule has 0 bridgehead atoms. The second-order valence-corrected chi connectivity index (χ2v) is 4.74. The molecule has 0 amide bonds. The number of halogens is 1. The number of nitrogens with two attached hydrogens (primary N) is 1. The molecule has 0 aliphatic rings. The van der Waals surface area contributed by atoms with Gasteiger partial charge in [0.2, 0.25) is 0 Å². The van der Waals surface area contributed by atoms with Gasteiger partial charge >= 0.3 is 0 Å². The summed E-state index contributed by atoms with van der Waals surface area (Å²) in [5.74, 6) is 0. The third kappa shape index (κ3) is 2.96. The Morgan fingerprint density at radius 3 is 2.44 bits per heavy atom. The summed E-state index contributed by atoms with van der Waals surface area (Å²) in [4.78, 5) is 2.10. The highest BCUT2D eigenvalue weighted by Crippen LogP contribution is 2.30. The summed E-state index contributed by atoms with van der Waals surface area (Å²) in [6.07, 6.45) is 0.974. The molecule has 18 heavy (non-hydrogen) atoms. The van der Waals surface area contributed by atoms with Crippen LogP contribution in [-0.2, 0) is 6.42 Å². The predicted molar refractivity (Wildman–Crippen MR) is 79.3 cm³/mol. The molecule has 3 heteroatoms. The van der Waals surface area contributed by atoms with Crippen molar-refractivity contribution in [3.63, 3.8) is 0 Å². The Kier molecular flexibility index (Phi) is 4.11. The minimum atomic E-state index is 0.700. The lowest BCUT2D eigenvalue weighted by Gasteiger charge is -2.22. The fourth-order valence-corrected chi connectivity index (χ4v) is 2.31. The molecule has 0 aliphatic heterocycles. The van der Waals surface area contributed by atoms with Gasteiger partial charge in [-0.25, -0.2) is 0 Å². The predicted octanol–water partition coefficient (Wildman–Crippen LogP) is 3.60. The maximum Gasteiger partial charge on any atom is 0.0786 e. The molecule has 94 valence electrons. The Morgan fingerprint density at radius 2 is 1.78 bits per heavy atom. The number of benzene rings is 2. The SMILES string of the molecule is CN(CCc1ccccc1)c1c(N)cccc1Cl. The molecule has 2 rings (SSSR count). The average Bonchev–Trinajstić information content (AvgIpc) is 2.37. The van der Waals surface area contributed by atoms with Crippen molar-refractivity contribution in [2.24, 2.45) is 0 Å². The van der Waals surface area contributed by atoms with Crippen LogP contribution in [0.4, 0.5) is 11.4 Å². The number of nitrogen functional groups attached to an aromatic ring is 1. The highest BCUT2D eigenvalue weighted by Gasteiger charge is 2.09. The second kappa shape index (κ2) is 5.78. The summed E-state index contributed by atoms with van der Waals surface area (Å²) in [5.41, 5.74) is 8.91. The molecule has 2 aromatic rings. The largest absolute Gasteiger partial charge is 0.397 e. The van der Waals surface area contributed by atoms with Crippen LogP contribution in [0.5, 0.6) is 0 Å². The van der Waals surface area contributed by atoms with E-state index in [4.69, 9.17) is 17.3 Å². The molecule has 0 atom stereocenters. The first-order chi connectivity index (χ1) is 8.68. The molecular weight excluding hydrogens is 244 g/mol. The smallest absolute Gasteiger partial charge is 0.0786 e. The van der Waals surface area contributed by atoms with Gasteiger partial charge < -0.3 is 10.6 Å². The van der Waals surface area contributed by atoms with Gasteiger partial charge in [-0.05, 0) is 24.1 Å². The monoisotopic (exact) mass is 260 g/mol. The van der Waals surface area contributed by atoms with Crippen molar-refractivity contribution in [1.29, 1.82) is 0 Å². The van der Waals surface area contributed by atoms with Crippen LogP contribution in [0.3, 0.4) is 0 Å². The van der Waals surface area contributed by atoms with Crippen molar-refractivity contribution in [2.75, 3.05) is 24.2 Å². The zero-order chi connectivity index (χ0) is 13.0. The van der Waals surface area contributed by atoms with Crippen LogP contribution in [0, 0.1) is 0 Å². The van der Waals surface area contributed by atoms with Gasteiger partial charge in [0, 0.05) is 13.6 Å². The van der Waals surface area contributed by atoms with E-state index in [1.807, 2.05) is 31.3 Å². The Morgan fingerprint density at radius 1 is 1.06 bits per heavy atom. The lowest BCUT2D eigenvalue weighted by Crippen LogP contribution is -2.21. The van der Waals surface area contributed by atoms with Gasteiger partial charge in [0.1, 0.15) is 0 Å². The van der Waals surface area contributed by atoms with E-state index in [2.05, 4.69) is 29.2 Å². The van der Waals surface area contributed by atoms with Gasteiger partial charge in [0.25, 0.3) is 0 Å². The van der Waals surface area contributed by atoms with E-state index in [0.29, 0.717) is 5.02 Å². The molecule has 0 saturated carbocycles. The van der Waals surface area contributed by atoms with Crippen LogP contribution in [0.25, 0.3) is 0 Å². The topological polar surface area (TPSA) is 29.3 Å². The van der Waals surface area contributed by atoms with Crippen molar-refractivity contribution >= 4 is 23.0 Å². The maximum absolute atomic E-state index is 6.18. The first-order valence-corrected chi connectivity index (χ1v) is 6.35. The number of para-hydroxylation sites is 1. The number of nitrogens with zero attached hydrogens (tertiary/aromatic N) is 1. The van der Waals surface area contributed by atoms with Gasteiger partial charge in [-0.15, -0.1) is 0 Å². The molecule has 0 spiro atoms. The van der Waals surface area contributed by atoms with E-state index < -0.39 is 0 Å². The van der Waals surface area contributed by atoms with Gasteiger partial charge in [-0.2, -0.15) is 0 Å². The van der Waals surface area contributed by atoms with Gasteiger partial charge in [-0.1, -0.05) is 48.0 Å². The zero-order valence-corrected chi connectivity index (χ0v) is 11.2. The van der Waals surface area contributed by atoms with Crippen molar-refractivity contribution in [2.45, 2.75) is 6.42 Å². The van der Waals surface area contributed by atoms with E-state index in [1.165, 1.54) is 5.56 Å². The Labute approximate surface area is 113 Å². The lowest BCUT2D eigenvalue weighted by atomic mass is 10.1. The second-order valence-electron chi connectivity index (χ2n) is 4.33. The number of anilines is 2. The van der Waals surface area contributed by atoms with E-state index in [9.17, 15) is 0 Å². The van der Waals surface area contributed by atoms with Crippen LogP contribution in [0.15, 0.2) is 48.5 Å². The van der Waals surface area contributed by atoms with Crippen LogP contribution in [0.2, 0.25) is 5.02 Å². The van der Waals surface area contributed by atoms with E-state index in [-0.39, 0.29) is 0 Å². The van der Waals surface area contributed by atoms with Crippen molar-refractivity contribution < 1.29 is 0 Å². The van der Waals surface area contributed by atoms with E-state index in [0.717, 1.165) is 24.3 Å². The molecule has 0 aromatic heterocycles. The average molecular weight is 261 g/mol. The molecule has 0 unspecified atom stereocenters. The third-order valence-corrected chi connectivity index (χ3v) is 3.28. The van der Waals surface area contributed by atoms with Crippen LogP contribution < -0.4 is 10.6 Å². The first kappa shape index (κ1) is 12.8. The minimum absolute atomic E-state index is 0.700. The quantitative estimate of drug-likeness (QED) is 0.851. The Hall–Kier alpha value is -1.67. The normalized spacial score (nSPS) is 10.3. The molecular formula is C15H17ClN2. The fraction of sp³-hybridized carbons (Fsp3) is 0.200. The number of rotatable bonds is 4. The van der Waals surface area contributed by atoms with Crippen LogP contribution in [-0.4, -0.2) is 13.6 Å². The summed E-state index contributed by atoms with van der Waals surface area (Å²) in [6.45, 7) is 0.887. The van der Waals surface area contributed by atoms with Gasteiger partial charge in [0.05, 0.1) is 16.4 Å². The molecule has 0 heterocycles. The number of hydrogen-bond donors (Lipinski definition) is 1. The van der Waals surface area contributed by atoms with Crippen molar-refractivity contribution in [3.8, 4) is 0 Å². The molecule has 0 saturated heterocycles. The van der Waals surface area contributed by atoms with Crippen molar-refractivity contribution in [1.82, 2.24) is 0 Å². The molecule has 2 N–H and O–H groups in total. The van der Waals surface area contributed by atoms with Crippen LogP contribution >= 0.6 is 11.6 Å². The minimum Gasteiger partial charge on any atom is -0.397 e. The summed E-state index contributed by atoms with van der Waals surface area (Å²) in [6, 6.07) is 16.0. The van der Waals surface area contributed by atoms with E-state index in [1.54, 1.807) is 0 Å².